The van der Waals surface area contributed by atoms with Crippen molar-refractivity contribution in [3.63, 3.8) is 0 Å². The van der Waals surface area contributed by atoms with Crippen LogP contribution in [0.2, 0.25) is 0 Å². The van der Waals surface area contributed by atoms with Gasteiger partial charge in [-0.15, -0.1) is 0 Å². The van der Waals surface area contributed by atoms with E-state index in [0.29, 0.717) is 11.6 Å². The highest BCUT2D eigenvalue weighted by molar-refractivity contribution is 6.05. The Kier molecular flexibility index (Phi) is 8.47. The van der Waals surface area contributed by atoms with Crippen molar-refractivity contribution >= 4 is 21.7 Å². The van der Waals surface area contributed by atoms with Gasteiger partial charge >= 0.3 is 0 Å². The van der Waals surface area contributed by atoms with Gasteiger partial charge in [0.25, 0.3) is 0 Å². The van der Waals surface area contributed by atoms with E-state index in [2.05, 4.69) is 158 Å². The van der Waals surface area contributed by atoms with Crippen LogP contribution in [-0.4, -0.2) is 19.9 Å². The Hall–Kier alpha value is -7.56. The van der Waals surface area contributed by atoms with Gasteiger partial charge in [-0.05, 0) is 51.7 Å². The lowest BCUT2D eigenvalue weighted by Crippen LogP contribution is -1.98. The summed E-state index contributed by atoms with van der Waals surface area (Å²) in [6.45, 7) is 0. The van der Waals surface area contributed by atoms with Gasteiger partial charge in [-0.1, -0.05) is 182 Å². The Morgan fingerprint density at radius 3 is 1.41 bits per heavy atom. The summed E-state index contributed by atoms with van der Waals surface area (Å²) in [6, 6.07) is 71.6. The minimum atomic E-state index is 0.662. The van der Waals surface area contributed by atoms with Crippen molar-refractivity contribution in [1.82, 2.24) is 19.9 Å². The molecule has 0 saturated heterocycles. The minimum absolute atomic E-state index is 0.662. The van der Waals surface area contributed by atoms with E-state index in [-0.39, 0.29) is 0 Å². The molecule has 2 aromatic heterocycles. The normalized spacial score (nSPS) is 11.2. The van der Waals surface area contributed by atoms with E-state index in [1.165, 1.54) is 10.8 Å². The lowest BCUT2D eigenvalue weighted by atomic mass is 9.93. The molecule has 0 aliphatic heterocycles. The molecule has 10 aromatic rings. The Balaban J connectivity index is 1.16. The zero-order valence-corrected chi connectivity index (χ0v) is 30.4. The lowest BCUT2D eigenvalue weighted by molar-refractivity contribution is 1.18. The largest absolute Gasteiger partial charge is 0.228 e. The summed E-state index contributed by atoms with van der Waals surface area (Å²) >= 11 is 0. The van der Waals surface area contributed by atoms with E-state index in [1.54, 1.807) is 0 Å². The molecule has 0 amide bonds. The van der Waals surface area contributed by atoms with Crippen LogP contribution in [0.1, 0.15) is 0 Å². The van der Waals surface area contributed by atoms with Gasteiger partial charge in [0.1, 0.15) is 0 Å². The molecule has 0 radical (unpaired) electrons. The summed E-state index contributed by atoms with van der Waals surface area (Å²) in [6.07, 6.45) is 0. The fourth-order valence-electron chi connectivity index (χ4n) is 7.41. The van der Waals surface area contributed by atoms with Gasteiger partial charge in [0.05, 0.1) is 22.6 Å². The van der Waals surface area contributed by atoms with Crippen LogP contribution in [0.15, 0.2) is 206 Å². The van der Waals surface area contributed by atoms with Crippen molar-refractivity contribution in [2.24, 2.45) is 0 Å². The van der Waals surface area contributed by atoms with Gasteiger partial charge in [0.15, 0.2) is 11.6 Å². The number of aromatic nitrogens is 4. The third-order valence-electron chi connectivity index (χ3n) is 10.3. The van der Waals surface area contributed by atoms with Crippen LogP contribution >= 0.6 is 0 Å². The van der Waals surface area contributed by atoms with Gasteiger partial charge in [-0.25, -0.2) is 19.9 Å². The summed E-state index contributed by atoms with van der Waals surface area (Å²) in [7, 11) is 0. The monoisotopic (exact) mass is 714 g/mol. The molecule has 8 aromatic carbocycles. The molecular weight excluding hydrogens is 681 g/mol. The van der Waals surface area contributed by atoms with Crippen LogP contribution in [0.4, 0.5) is 0 Å². The summed E-state index contributed by atoms with van der Waals surface area (Å²) in [5, 5.41) is 3.36. The zero-order valence-electron chi connectivity index (χ0n) is 30.4. The van der Waals surface area contributed by atoms with E-state index in [0.717, 1.165) is 78.1 Å². The quantitative estimate of drug-likeness (QED) is 0.165. The number of hydrogen-bond acceptors (Lipinski definition) is 4. The second-order valence-corrected chi connectivity index (χ2v) is 13.9. The van der Waals surface area contributed by atoms with Gasteiger partial charge in [0, 0.05) is 38.8 Å². The topological polar surface area (TPSA) is 51.6 Å². The van der Waals surface area contributed by atoms with E-state index < -0.39 is 0 Å². The Labute approximate surface area is 325 Å². The van der Waals surface area contributed by atoms with Crippen LogP contribution in [0.3, 0.4) is 0 Å². The van der Waals surface area contributed by atoms with E-state index >= 15 is 0 Å². The molecule has 0 atom stereocenters. The predicted molar refractivity (Wildman–Crippen MR) is 231 cm³/mol. The van der Waals surface area contributed by atoms with Crippen LogP contribution in [0.25, 0.3) is 100 Å². The molecule has 0 fully saturated rings. The van der Waals surface area contributed by atoms with Crippen molar-refractivity contribution in [3.05, 3.63) is 206 Å². The van der Waals surface area contributed by atoms with Crippen molar-refractivity contribution in [3.8, 4) is 78.8 Å². The van der Waals surface area contributed by atoms with Gasteiger partial charge < -0.3 is 0 Å². The van der Waals surface area contributed by atoms with Crippen LogP contribution < -0.4 is 0 Å². The molecule has 262 valence electrons. The molecule has 56 heavy (non-hydrogen) atoms. The smallest absolute Gasteiger partial charge is 0.160 e. The molecule has 0 unspecified atom stereocenters. The van der Waals surface area contributed by atoms with E-state index in [9.17, 15) is 0 Å². The van der Waals surface area contributed by atoms with Crippen LogP contribution in [0.5, 0.6) is 0 Å². The third kappa shape index (κ3) is 6.40. The first kappa shape index (κ1) is 33.0. The minimum Gasteiger partial charge on any atom is -0.228 e. The first-order chi connectivity index (χ1) is 27.7. The Morgan fingerprint density at radius 2 is 0.750 bits per heavy atom. The highest BCUT2D eigenvalue weighted by Gasteiger charge is 2.18. The Bertz CT molecular complexity index is 2930. The molecule has 0 aliphatic rings. The van der Waals surface area contributed by atoms with Crippen molar-refractivity contribution in [2.45, 2.75) is 0 Å². The first-order valence-electron chi connectivity index (χ1n) is 18.8. The number of nitrogens with zero attached hydrogens (tertiary/aromatic N) is 4. The van der Waals surface area contributed by atoms with Crippen LogP contribution in [-0.2, 0) is 0 Å². The maximum absolute atomic E-state index is 5.39. The van der Waals surface area contributed by atoms with Gasteiger partial charge in [-0.2, -0.15) is 0 Å². The average molecular weight is 715 g/mol. The van der Waals surface area contributed by atoms with Gasteiger partial charge in [0.2, 0.25) is 0 Å². The SMILES string of the molecule is c1ccc(-c2cc(-c3ccccc3)c3nc(-c4ccc(-c5cc(-c6ccccc6)nc(-c6ccccc6)n5)cc4)nc(-c4ccc5ccccc5c4)c3c2)cc1. The fourth-order valence-corrected chi connectivity index (χ4v) is 7.41. The molecule has 2 heterocycles. The molecular formula is C52H34N4. The summed E-state index contributed by atoms with van der Waals surface area (Å²) < 4.78 is 0. The standard InChI is InChI=1S/C52H34N4/c1-5-15-35(16-6-1)44-32-45(37-18-7-2-8-19-37)50-46(33-44)49(43-30-25-36-17-13-14-24-42(36)31-43)55-52(56-50)41-28-26-39(27-29-41)48-34-47(38-20-9-3-10-21-38)53-51(54-48)40-22-11-4-12-23-40/h1-34H. The lowest BCUT2D eigenvalue weighted by Gasteiger charge is -2.16. The van der Waals surface area contributed by atoms with Crippen molar-refractivity contribution in [1.29, 1.82) is 0 Å². The predicted octanol–water partition coefficient (Wildman–Crippen LogP) is 13.2. The molecule has 0 aliphatic carbocycles. The second-order valence-electron chi connectivity index (χ2n) is 13.9. The molecule has 0 saturated carbocycles. The van der Waals surface area contributed by atoms with E-state index in [4.69, 9.17) is 19.9 Å². The molecule has 10 rings (SSSR count). The molecule has 0 spiro atoms. The second kappa shape index (κ2) is 14.3. The highest BCUT2D eigenvalue weighted by Crippen LogP contribution is 2.39. The number of rotatable bonds is 7. The highest BCUT2D eigenvalue weighted by atomic mass is 14.9. The van der Waals surface area contributed by atoms with Crippen molar-refractivity contribution < 1.29 is 0 Å². The number of hydrogen-bond donors (Lipinski definition) is 0. The maximum atomic E-state index is 5.39. The summed E-state index contributed by atoms with van der Waals surface area (Å²) in [4.78, 5) is 20.8. The summed E-state index contributed by atoms with van der Waals surface area (Å²) in [5.74, 6) is 1.35. The molecule has 0 N–H and O–H groups in total. The zero-order chi connectivity index (χ0) is 37.3. The maximum Gasteiger partial charge on any atom is 0.160 e. The molecule has 4 heteroatoms. The van der Waals surface area contributed by atoms with E-state index in [1.807, 2.05) is 48.5 Å². The fraction of sp³-hybridized carbons (Fsp3) is 0. The third-order valence-corrected chi connectivity index (χ3v) is 10.3. The average Bonchev–Trinajstić information content (AvgIpc) is 3.29. The number of benzene rings is 8. The summed E-state index contributed by atoms with van der Waals surface area (Å²) in [5.41, 5.74) is 12.9. The molecule has 4 nitrogen and oxygen atoms in total. The molecule has 0 bridgehead atoms. The van der Waals surface area contributed by atoms with Crippen molar-refractivity contribution in [2.75, 3.05) is 0 Å². The first-order valence-corrected chi connectivity index (χ1v) is 18.8. The Morgan fingerprint density at radius 1 is 0.268 bits per heavy atom. The van der Waals surface area contributed by atoms with Gasteiger partial charge in [-0.3, -0.25) is 0 Å². The number of fused-ring (bicyclic) bond motifs is 2. The van der Waals surface area contributed by atoms with Crippen LogP contribution in [0, 0.1) is 0 Å².